The summed E-state index contributed by atoms with van der Waals surface area (Å²) in [6.07, 6.45) is 4.24. The van der Waals surface area contributed by atoms with Gasteiger partial charge in [-0.1, -0.05) is 13.0 Å². The molecule has 0 saturated carbocycles. The molecule has 0 bridgehead atoms. The number of carbonyl (C=O) groups is 3. The molecule has 0 heterocycles. The average Bonchev–Trinajstić information content (AvgIpc) is 3.10. The SMILES string of the molecule is CCCNC(=O)[C@@H](C)NC(=O)COC(=O)CSc1ccc2c(c1)CCC2. The van der Waals surface area contributed by atoms with E-state index < -0.39 is 17.9 Å². The van der Waals surface area contributed by atoms with Gasteiger partial charge in [0.15, 0.2) is 6.61 Å². The molecule has 2 N–H and O–H groups in total. The minimum Gasteiger partial charge on any atom is -0.455 e. The van der Waals surface area contributed by atoms with Crippen molar-refractivity contribution in [2.24, 2.45) is 0 Å². The Labute approximate surface area is 158 Å². The Morgan fingerprint density at radius 3 is 2.77 bits per heavy atom. The van der Waals surface area contributed by atoms with Crippen LogP contribution in [0.15, 0.2) is 23.1 Å². The lowest BCUT2D eigenvalue weighted by Gasteiger charge is -2.13. The lowest BCUT2D eigenvalue weighted by Crippen LogP contribution is -2.46. The first-order valence-corrected chi connectivity index (χ1v) is 9.95. The van der Waals surface area contributed by atoms with Crippen LogP contribution in [0.3, 0.4) is 0 Å². The normalized spacial score (nSPS) is 13.6. The zero-order valence-corrected chi connectivity index (χ0v) is 16.1. The topological polar surface area (TPSA) is 84.5 Å². The van der Waals surface area contributed by atoms with Gasteiger partial charge in [-0.25, -0.2) is 0 Å². The molecule has 2 amide bonds. The Balaban J connectivity index is 1.66. The summed E-state index contributed by atoms with van der Waals surface area (Å²) in [7, 11) is 0. The summed E-state index contributed by atoms with van der Waals surface area (Å²) in [5, 5.41) is 5.20. The molecule has 0 aliphatic heterocycles. The van der Waals surface area contributed by atoms with Crippen LogP contribution in [0.2, 0.25) is 0 Å². The summed E-state index contributed by atoms with van der Waals surface area (Å²) < 4.78 is 4.98. The Morgan fingerprint density at radius 1 is 1.23 bits per heavy atom. The van der Waals surface area contributed by atoms with E-state index in [9.17, 15) is 14.4 Å². The molecule has 1 aromatic carbocycles. The van der Waals surface area contributed by atoms with Gasteiger partial charge >= 0.3 is 5.97 Å². The Bertz CT molecular complexity index is 663. The molecule has 1 aliphatic rings. The lowest BCUT2D eigenvalue weighted by atomic mass is 10.1. The van der Waals surface area contributed by atoms with Crippen molar-refractivity contribution in [1.82, 2.24) is 10.6 Å². The van der Waals surface area contributed by atoms with E-state index in [0.29, 0.717) is 6.54 Å². The standard InChI is InChI=1S/C19H26N2O4S/c1-3-9-20-19(24)13(2)21-17(22)11-25-18(23)12-26-16-8-7-14-5-4-6-15(14)10-16/h7-8,10,13H,3-6,9,11-12H2,1-2H3,(H,20,24)(H,21,22)/t13-/m1/s1. The van der Waals surface area contributed by atoms with Crippen molar-refractivity contribution in [3.05, 3.63) is 29.3 Å². The molecule has 0 spiro atoms. The summed E-state index contributed by atoms with van der Waals surface area (Å²) in [4.78, 5) is 36.3. The molecule has 0 unspecified atom stereocenters. The summed E-state index contributed by atoms with van der Waals surface area (Å²) in [6.45, 7) is 3.72. The number of hydrogen-bond donors (Lipinski definition) is 2. The predicted octanol–water partition coefficient (Wildman–Crippen LogP) is 1.84. The molecule has 7 heteroatoms. The number of amides is 2. The van der Waals surface area contributed by atoms with Gasteiger partial charge < -0.3 is 15.4 Å². The first-order chi connectivity index (χ1) is 12.5. The highest BCUT2D eigenvalue weighted by atomic mass is 32.2. The fourth-order valence-corrected chi connectivity index (χ4v) is 3.48. The number of benzene rings is 1. The maximum absolute atomic E-state index is 11.8. The Hall–Kier alpha value is -2.02. The van der Waals surface area contributed by atoms with Crippen molar-refractivity contribution in [1.29, 1.82) is 0 Å². The number of aryl methyl sites for hydroxylation is 2. The zero-order valence-electron chi connectivity index (χ0n) is 15.3. The van der Waals surface area contributed by atoms with E-state index in [4.69, 9.17) is 4.74 Å². The maximum Gasteiger partial charge on any atom is 0.316 e. The number of thioether (sulfide) groups is 1. The minimum atomic E-state index is -0.659. The van der Waals surface area contributed by atoms with Crippen LogP contribution in [0.4, 0.5) is 0 Å². The molecule has 0 aromatic heterocycles. The molecule has 2 rings (SSSR count). The predicted molar refractivity (Wildman–Crippen MR) is 101 cm³/mol. The minimum absolute atomic E-state index is 0.151. The van der Waals surface area contributed by atoms with E-state index in [2.05, 4.69) is 22.8 Å². The Kier molecular flexibility index (Phi) is 7.97. The van der Waals surface area contributed by atoms with Crippen LogP contribution in [0.1, 0.15) is 37.8 Å². The van der Waals surface area contributed by atoms with Crippen LogP contribution >= 0.6 is 11.8 Å². The highest BCUT2D eigenvalue weighted by Crippen LogP contribution is 2.27. The van der Waals surface area contributed by atoms with E-state index >= 15 is 0 Å². The lowest BCUT2D eigenvalue weighted by molar-refractivity contribution is -0.146. The van der Waals surface area contributed by atoms with Crippen LogP contribution in [0.5, 0.6) is 0 Å². The van der Waals surface area contributed by atoms with Gasteiger partial charge in [0.05, 0.1) is 5.75 Å². The van der Waals surface area contributed by atoms with E-state index in [-0.39, 0.29) is 18.3 Å². The van der Waals surface area contributed by atoms with Crippen LogP contribution in [0, 0.1) is 0 Å². The maximum atomic E-state index is 11.8. The van der Waals surface area contributed by atoms with Crippen molar-refractivity contribution in [2.75, 3.05) is 18.9 Å². The molecule has 142 valence electrons. The van der Waals surface area contributed by atoms with Gasteiger partial charge in [-0.3, -0.25) is 14.4 Å². The molecule has 0 radical (unpaired) electrons. The second kappa shape index (κ2) is 10.2. The van der Waals surface area contributed by atoms with E-state index in [0.717, 1.165) is 24.2 Å². The monoisotopic (exact) mass is 378 g/mol. The van der Waals surface area contributed by atoms with Crippen molar-refractivity contribution in [2.45, 2.75) is 50.5 Å². The highest BCUT2D eigenvalue weighted by Gasteiger charge is 2.16. The number of ether oxygens (including phenoxy) is 1. The van der Waals surface area contributed by atoms with Crippen LogP contribution < -0.4 is 10.6 Å². The van der Waals surface area contributed by atoms with Gasteiger partial charge in [-0.15, -0.1) is 11.8 Å². The van der Waals surface area contributed by atoms with Crippen molar-refractivity contribution < 1.29 is 19.1 Å². The van der Waals surface area contributed by atoms with Gasteiger partial charge in [0.1, 0.15) is 6.04 Å². The van der Waals surface area contributed by atoms with Gasteiger partial charge in [0.25, 0.3) is 5.91 Å². The number of fused-ring (bicyclic) bond motifs is 1. The first kappa shape index (κ1) is 20.3. The number of rotatable bonds is 9. The molecule has 1 aromatic rings. The molecule has 1 atom stereocenters. The third-order valence-corrected chi connectivity index (χ3v) is 5.08. The summed E-state index contributed by atoms with van der Waals surface area (Å²) in [5.41, 5.74) is 2.75. The summed E-state index contributed by atoms with van der Waals surface area (Å²) in [5.74, 6) is -1.04. The number of hydrogen-bond acceptors (Lipinski definition) is 5. The second-order valence-corrected chi connectivity index (χ2v) is 7.36. The fraction of sp³-hybridized carbons (Fsp3) is 0.526. The quantitative estimate of drug-likeness (QED) is 0.506. The number of esters is 1. The fourth-order valence-electron chi connectivity index (χ4n) is 2.72. The van der Waals surface area contributed by atoms with Gasteiger partial charge in [-0.05, 0) is 55.9 Å². The van der Waals surface area contributed by atoms with Crippen molar-refractivity contribution >= 4 is 29.5 Å². The molecule has 26 heavy (non-hydrogen) atoms. The van der Waals surface area contributed by atoms with E-state index in [1.54, 1.807) is 6.92 Å². The average molecular weight is 378 g/mol. The molecular formula is C19H26N2O4S. The van der Waals surface area contributed by atoms with Crippen molar-refractivity contribution in [3.8, 4) is 0 Å². The van der Waals surface area contributed by atoms with Crippen molar-refractivity contribution in [3.63, 3.8) is 0 Å². The molecule has 0 fully saturated rings. The molecule has 1 aliphatic carbocycles. The first-order valence-electron chi connectivity index (χ1n) is 8.97. The molecule has 0 saturated heterocycles. The van der Waals surface area contributed by atoms with E-state index in [1.807, 2.05) is 13.0 Å². The third-order valence-electron chi connectivity index (χ3n) is 4.11. The zero-order chi connectivity index (χ0) is 18.9. The van der Waals surface area contributed by atoms with E-state index in [1.165, 1.54) is 29.3 Å². The summed E-state index contributed by atoms with van der Waals surface area (Å²) >= 11 is 1.40. The van der Waals surface area contributed by atoms with Gasteiger partial charge in [-0.2, -0.15) is 0 Å². The summed E-state index contributed by atoms with van der Waals surface area (Å²) in [6, 6.07) is 5.61. The Morgan fingerprint density at radius 2 is 2.00 bits per heavy atom. The smallest absolute Gasteiger partial charge is 0.316 e. The highest BCUT2D eigenvalue weighted by molar-refractivity contribution is 8.00. The molecule has 6 nitrogen and oxygen atoms in total. The number of carbonyl (C=O) groups excluding carboxylic acids is 3. The molecular weight excluding hydrogens is 352 g/mol. The largest absolute Gasteiger partial charge is 0.455 e. The number of nitrogens with one attached hydrogen (secondary N) is 2. The van der Waals surface area contributed by atoms with Crippen LogP contribution in [0.25, 0.3) is 0 Å². The van der Waals surface area contributed by atoms with Gasteiger partial charge in [0, 0.05) is 11.4 Å². The van der Waals surface area contributed by atoms with Gasteiger partial charge in [0.2, 0.25) is 5.91 Å². The second-order valence-electron chi connectivity index (χ2n) is 6.31. The van der Waals surface area contributed by atoms with Crippen LogP contribution in [-0.4, -0.2) is 42.7 Å². The third kappa shape index (κ3) is 6.37. The van der Waals surface area contributed by atoms with Crippen LogP contribution in [-0.2, 0) is 32.0 Å².